The first-order valence-corrected chi connectivity index (χ1v) is 21.6. The molecule has 0 N–H and O–H groups in total. The quantitative estimate of drug-likeness (QED) is 0.144. The zero-order valence-electron chi connectivity index (χ0n) is 34.7. The number of aryl methyl sites for hydroxylation is 1. The molecule has 4 heterocycles. The second-order valence-electron chi connectivity index (χ2n) is 16.2. The lowest BCUT2D eigenvalue weighted by molar-refractivity contribution is 0.532. The minimum atomic E-state index is -0.0240. The van der Waals surface area contributed by atoms with E-state index in [1.165, 1.54) is 33.0 Å². The molecule has 2 unspecified atom stereocenters. The smallest absolute Gasteiger partial charge is 0.155 e. The molecule has 0 amide bonds. The number of pyridine rings is 3. The zero-order valence-corrected chi connectivity index (χ0v) is 34.7. The number of aliphatic imine (C=N–C) groups is 2. The number of amidine groups is 1. The number of rotatable bonds is 8. The fourth-order valence-electron chi connectivity index (χ4n) is 9.29. The topological polar surface area (TPSA) is 63.4 Å². The van der Waals surface area contributed by atoms with Gasteiger partial charge in [-0.05, 0) is 76.2 Å². The Kier molecular flexibility index (Phi) is 9.50. The van der Waals surface area contributed by atoms with E-state index in [1.807, 2.05) is 18.3 Å². The van der Waals surface area contributed by atoms with Gasteiger partial charge < -0.3 is 0 Å². The third kappa shape index (κ3) is 6.72. The summed E-state index contributed by atoms with van der Waals surface area (Å²) in [6.07, 6.45) is 3.64. The monoisotopic (exact) mass is 797 g/mol. The van der Waals surface area contributed by atoms with Crippen LogP contribution in [0.3, 0.4) is 0 Å². The van der Waals surface area contributed by atoms with Crippen LogP contribution in [0.5, 0.6) is 0 Å². The van der Waals surface area contributed by atoms with Crippen LogP contribution < -0.4 is 0 Å². The van der Waals surface area contributed by atoms with Gasteiger partial charge in [-0.25, -0.2) is 15.0 Å². The largest absolute Gasteiger partial charge is 0.257 e. The molecule has 1 aliphatic rings. The summed E-state index contributed by atoms with van der Waals surface area (Å²) >= 11 is 0. The highest BCUT2D eigenvalue weighted by Gasteiger charge is 2.33. The minimum absolute atomic E-state index is 0.0240. The molecule has 3 aromatic heterocycles. The maximum absolute atomic E-state index is 5.41. The normalized spacial score (nSPS) is 15.3. The summed E-state index contributed by atoms with van der Waals surface area (Å²) in [6.45, 7) is 4.53. The van der Waals surface area contributed by atoms with Crippen LogP contribution in [0.2, 0.25) is 0 Å². The van der Waals surface area contributed by atoms with Gasteiger partial charge in [0.25, 0.3) is 0 Å². The van der Waals surface area contributed by atoms with Gasteiger partial charge in [-0.2, -0.15) is 0 Å². The van der Waals surface area contributed by atoms with Gasteiger partial charge in [0.05, 0.1) is 39.7 Å². The van der Waals surface area contributed by atoms with Crippen LogP contribution in [0.4, 0.5) is 0 Å². The summed E-state index contributed by atoms with van der Waals surface area (Å²) < 4.78 is 0. The number of nitrogens with zero attached hydrogens (tertiary/aromatic N) is 5. The molecule has 0 aliphatic carbocycles. The van der Waals surface area contributed by atoms with Crippen LogP contribution >= 0.6 is 0 Å². The molecule has 0 spiro atoms. The molecule has 0 fully saturated rings. The van der Waals surface area contributed by atoms with E-state index in [2.05, 4.69) is 189 Å². The Morgan fingerprint density at radius 1 is 0.484 bits per heavy atom. The molecule has 5 nitrogen and oxygen atoms in total. The standard InChI is InChI=1S/C57H43N5/c1-3-46-48(56-47(4-2)53(40-12-7-5-8-13-40)61-57(62-56)43-14-9-6-10-15-43)30-27-36-17-25-44(34-49(36)46)45-26-22-39-28-31-50(59-52(39)35-45)37-18-20-38(21-19-37)51-32-29-42-24-23-41-16-11-33-58-54(41)55(42)60-51/h5-35,47,53H,3-4H2,1-2H3. The number of benzene rings is 7. The number of hydrogen-bond donors (Lipinski definition) is 0. The summed E-state index contributed by atoms with van der Waals surface area (Å²) in [7, 11) is 0. The van der Waals surface area contributed by atoms with E-state index in [9.17, 15) is 0 Å². The van der Waals surface area contributed by atoms with Gasteiger partial charge in [-0.3, -0.25) is 9.98 Å². The Balaban J connectivity index is 0.939. The van der Waals surface area contributed by atoms with Crippen LogP contribution in [-0.2, 0) is 6.42 Å². The van der Waals surface area contributed by atoms with Crippen molar-refractivity contribution in [1.82, 2.24) is 15.0 Å². The highest BCUT2D eigenvalue weighted by atomic mass is 15.0. The molecular weight excluding hydrogens is 755 g/mol. The van der Waals surface area contributed by atoms with E-state index in [1.54, 1.807) is 0 Å². The molecule has 62 heavy (non-hydrogen) atoms. The SMILES string of the molecule is CCc1c(C2=NC(c3ccccc3)=NC(c3ccccc3)C2CC)ccc2ccc(-c3ccc4ccc(-c5ccc(-c6ccc7ccc8cccnc8c7n6)cc5)nc4c3)cc12. The van der Waals surface area contributed by atoms with Crippen molar-refractivity contribution in [2.24, 2.45) is 15.9 Å². The third-order valence-electron chi connectivity index (χ3n) is 12.5. The summed E-state index contributed by atoms with van der Waals surface area (Å²) in [4.78, 5) is 25.6. The van der Waals surface area contributed by atoms with E-state index in [4.69, 9.17) is 20.0 Å². The zero-order chi connectivity index (χ0) is 41.6. The highest BCUT2D eigenvalue weighted by molar-refractivity contribution is 6.17. The average molecular weight is 798 g/mol. The summed E-state index contributed by atoms with van der Waals surface area (Å²) in [5.41, 5.74) is 15.0. The molecule has 0 radical (unpaired) electrons. The molecule has 10 aromatic rings. The maximum atomic E-state index is 5.41. The highest BCUT2D eigenvalue weighted by Crippen LogP contribution is 2.39. The van der Waals surface area contributed by atoms with Gasteiger partial charge in [0.2, 0.25) is 0 Å². The Hall–Kier alpha value is -7.63. The molecule has 0 saturated carbocycles. The van der Waals surface area contributed by atoms with E-state index >= 15 is 0 Å². The number of hydrogen-bond acceptors (Lipinski definition) is 5. The molecule has 7 aromatic carbocycles. The average Bonchev–Trinajstić information content (AvgIpc) is 3.35. The van der Waals surface area contributed by atoms with Crippen LogP contribution in [0, 0.1) is 5.92 Å². The molecule has 11 rings (SSSR count). The van der Waals surface area contributed by atoms with Crippen molar-refractivity contribution in [3.8, 4) is 33.6 Å². The summed E-state index contributed by atoms with van der Waals surface area (Å²) in [6, 6.07) is 64.5. The first kappa shape index (κ1) is 37.4. The van der Waals surface area contributed by atoms with Gasteiger partial charge in [-0.15, -0.1) is 0 Å². The van der Waals surface area contributed by atoms with E-state index in [-0.39, 0.29) is 12.0 Å². The number of aromatic nitrogens is 3. The van der Waals surface area contributed by atoms with E-state index < -0.39 is 0 Å². The molecule has 1 aliphatic heterocycles. The van der Waals surface area contributed by atoms with Crippen LogP contribution in [-0.4, -0.2) is 26.5 Å². The predicted molar refractivity (Wildman–Crippen MR) is 258 cm³/mol. The molecule has 0 bridgehead atoms. The van der Waals surface area contributed by atoms with Crippen molar-refractivity contribution in [1.29, 1.82) is 0 Å². The van der Waals surface area contributed by atoms with Crippen molar-refractivity contribution < 1.29 is 0 Å². The van der Waals surface area contributed by atoms with Crippen LogP contribution in [0.25, 0.3) is 77.1 Å². The van der Waals surface area contributed by atoms with Crippen LogP contribution in [0.15, 0.2) is 198 Å². The van der Waals surface area contributed by atoms with Crippen molar-refractivity contribution in [2.75, 3.05) is 0 Å². The Morgan fingerprint density at radius 2 is 1.10 bits per heavy atom. The molecule has 2 atom stereocenters. The first-order chi connectivity index (χ1) is 30.6. The molecule has 296 valence electrons. The fourth-order valence-corrected chi connectivity index (χ4v) is 9.29. The second kappa shape index (κ2) is 15.8. The van der Waals surface area contributed by atoms with Crippen molar-refractivity contribution in [3.63, 3.8) is 0 Å². The van der Waals surface area contributed by atoms with Gasteiger partial charge >= 0.3 is 0 Å². The Labute approximate surface area is 361 Å². The summed E-state index contributed by atoms with van der Waals surface area (Å²) in [5.74, 6) is 0.934. The molecular formula is C57H43N5. The van der Waals surface area contributed by atoms with Crippen molar-refractivity contribution in [2.45, 2.75) is 32.7 Å². The minimum Gasteiger partial charge on any atom is -0.257 e. The van der Waals surface area contributed by atoms with Gasteiger partial charge in [0, 0.05) is 50.5 Å². The lowest BCUT2D eigenvalue weighted by atomic mass is 9.80. The van der Waals surface area contributed by atoms with Crippen LogP contribution in [0.1, 0.15) is 48.6 Å². The second-order valence-corrected chi connectivity index (χ2v) is 16.2. The lowest BCUT2D eigenvalue weighted by Gasteiger charge is -2.31. The molecule has 0 saturated heterocycles. The maximum Gasteiger partial charge on any atom is 0.155 e. The van der Waals surface area contributed by atoms with Gasteiger partial charge in [0.1, 0.15) is 0 Å². The molecule has 5 heteroatoms. The first-order valence-electron chi connectivity index (χ1n) is 21.6. The van der Waals surface area contributed by atoms with E-state index in [0.29, 0.717) is 0 Å². The summed E-state index contributed by atoms with van der Waals surface area (Å²) in [5, 5.41) is 5.77. The van der Waals surface area contributed by atoms with Crippen molar-refractivity contribution in [3.05, 3.63) is 210 Å². The van der Waals surface area contributed by atoms with Crippen molar-refractivity contribution >= 4 is 55.0 Å². The lowest BCUT2D eigenvalue weighted by Crippen LogP contribution is -2.29. The Bertz CT molecular complexity index is 3370. The Morgan fingerprint density at radius 3 is 1.84 bits per heavy atom. The van der Waals surface area contributed by atoms with Gasteiger partial charge in [-0.1, -0.05) is 166 Å². The third-order valence-corrected chi connectivity index (χ3v) is 12.5. The fraction of sp³-hybridized carbons (Fsp3) is 0.105. The predicted octanol–water partition coefficient (Wildman–Crippen LogP) is 14.1. The van der Waals surface area contributed by atoms with Gasteiger partial charge in [0.15, 0.2) is 5.84 Å². The number of fused-ring (bicyclic) bond motifs is 5. The van der Waals surface area contributed by atoms with E-state index in [0.717, 1.165) is 90.7 Å².